The lowest BCUT2D eigenvalue weighted by Gasteiger charge is -2.16. The highest BCUT2D eigenvalue weighted by molar-refractivity contribution is 7.92. The Hall–Kier alpha value is -3.30. The number of esters is 1. The molecule has 2 aromatic carbocycles. The standard InChI is InChI=1S/C23H24N2O6S/c1-16(23(28)20-8-9-21-19(14-20)10-12-25(21)17(2)26)31-22(27)15-24-32(29,30)13-11-18-6-4-3-5-7-18/h3-9,11,13-14,16,24H,10,12,15H2,1-2H3/b13-11+. The summed E-state index contributed by atoms with van der Waals surface area (Å²) in [5.74, 6) is -1.34. The number of amides is 1. The van der Waals surface area contributed by atoms with Crippen molar-refractivity contribution in [2.24, 2.45) is 0 Å². The number of ether oxygens (including phenoxy) is 1. The normalized spacial score (nSPS) is 14.2. The van der Waals surface area contributed by atoms with Crippen LogP contribution in [0.2, 0.25) is 0 Å². The highest BCUT2D eigenvalue weighted by atomic mass is 32.2. The predicted molar refractivity (Wildman–Crippen MR) is 120 cm³/mol. The van der Waals surface area contributed by atoms with E-state index in [0.717, 1.165) is 16.7 Å². The van der Waals surface area contributed by atoms with Crippen molar-refractivity contribution in [3.8, 4) is 0 Å². The van der Waals surface area contributed by atoms with Crippen LogP contribution in [0.1, 0.15) is 35.3 Å². The molecule has 1 atom stereocenters. The van der Waals surface area contributed by atoms with E-state index in [1.165, 1.54) is 19.9 Å². The highest BCUT2D eigenvalue weighted by Crippen LogP contribution is 2.29. The van der Waals surface area contributed by atoms with Gasteiger partial charge in [-0.05, 0) is 48.7 Å². The molecule has 1 N–H and O–H groups in total. The van der Waals surface area contributed by atoms with Gasteiger partial charge in [-0.1, -0.05) is 30.3 Å². The summed E-state index contributed by atoms with van der Waals surface area (Å²) in [6, 6.07) is 13.8. The number of carbonyl (C=O) groups is 3. The Bertz CT molecular complexity index is 1160. The lowest BCUT2D eigenvalue weighted by atomic mass is 10.0. The summed E-state index contributed by atoms with van der Waals surface area (Å²) in [5, 5.41) is 0.957. The fourth-order valence-corrected chi connectivity index (χ4v) is 4.10. The molecule has 1 aliphatic heterocycles. The van der Waals surface area contributed by atoms with E-state index in [0.29, 0.717) is 24.1 Å². The predicted octanol–water partition coefficient (Wildman–Crippen LogP) is 2.30. The van der Waals surface area contributed by atoms with Crippen molar-refractivity contribution in [3.63, 3.8) is 0 Å². The van der Waals surface area contributed by atoms with Crippen LogP contribution < -0.4 is 9.62 Å². The summed E-state index contributed by atoms with van der Waals surface area (Å²) in [5.41, 5.74) is 2.71. The van der Waals surface area contributed by atoms with E-state index in [9.17, 15) is 22.8 Å². The van der Waals surface area contributed by atoms with Gasteiger partial charge in [0, 0.05) is 30.1 Å². The monoisotopic (exact) mass is 456 g/mol. The second-order valence-corrected chi connectivity index (χ2v) is 8.99. The van der Waals surface area contributed by atoms with Crippen LogP contribution in [0.5, 0.6) is 0 Å². The summed E-state index contributed by atoms with van der Waals surface area (Å²) in [7, 11) is -3.85. The lowest BCUT2D eigenvalue weighted by molar-refractivity contribution is -0.144. The third-order valence-corrected chi connectivity index (χ3v) is 6.02. The van der Waals surface area contributed by atoms with Gasteiger partial charge < -0.3 is 9.64 Å². The van der Waals surface area contributed by atoms with Gasteiger partial charge in [-0.3, -0.25) is 14.4 Å². The number of hydrogen-bond acceptors (Lipinski definition) is 6. The smallest absolute Gasteiger partial charge is 0.321 e. The van der Waals surface area contributed by atoms with Crippen LogP contribution >= 0.6 is 0 Å². The Morgan fingerprint density at radius 2 is 1.88 bits per heavy atom. The fourth-order valence-electron chi connectivity index (χ4n) is 3.35. The van der Waals surface area contributed by atoms with Crippen molar-refractivity contribution in [1.29, 1.82) is 0 Å². The molecule has 2 aromatic rings. The van der Waals surface area contributed by atoms with Gasteiger partial charge in [0.1, 0.15) is 6.54 Å². The van der Waals surface area contributed by atoms with Crippen molar-refractivity contribution in [2.75, 3.05) is 18.0 Å². The summed E-state index contributed by atoms with van der Waals surface area (Å²) in [6.07, 6.45) is 0.957. The molecule has 0 saturated heterocycles. The molecule has 0 fully saturated rings. The fraction of sp³-hybridized carbons (Fsp3) is 0.261. The van der Waals surface area contributed by atoms with Crippen molar-refractivity contribution in [3.05, 3.63) is 70.6 Å². The average Bonchev–Trinajstić information content (AvgIpc) is 3.20. The van der Waals surface area contributed by atoms with Gasteiger partial charge in [0.05, 0.1) is 0 Å². The topological polar surface area (TPSA) is 110 Å². The van der Waals surface area contributed by atoms with Crippen LogP contribution in [0.4, 0.5) is 5.69 Å². The van der Waals surface area contributed by atoms with E-state index in [2.05, 4.69) is 4.72 Å². The Labute approximate surface area is 186 Å². The Kier molecular flexibility index (Phi) is 7.22. The third kappa shape index (κ3) is 5.89. The number of nitrogens with one attached hydrogen (secondary N) is 1. The number of ketones is 1. The van der Waals surface area contributed by atoms with Crippen molar-refractivity contribution >= 4 is 39.4 Å². The van der Waals surface area contributed by atoms with E-state index in [1.807, 2.05) is 6.07 Å². The van der Waals surface area contributed by atoms with Gasteiger partial charge in [-0.2, -0.15) is 0 Å². The first-order valence-electron chi connectivity index (χ1n) is 10.0. The first-order valence-corrected chi connectivity index (χ1v) is 11.6. The molecule has 8 nitrogen and oxygen atoms in total. The zero-order chi connectivity index (χ0) is 23.3. The Balaban J connectivity index is 1.55. The number of carbonyl (C=O) groups excluding carboxylic acids is 3. The minimum absolute atomic E-state index is 0.0637. The van der Waals surface area contributed by atoms with E-state index < -0.39 is 34.4 Å². The molecule has 0 aliphatic carbocycles. The van der Waals surface area contributed by atoms with Gasteiger partial charge in [-0.25, -0.2) is 13.1 Å². The minimum atomic E-state index is -3.85. The molecule has 0 aromatic heterocycles. The maximum absolute atomic E-state index is 12.6. The number of sulfonamides is 1. The Morgan fingerprint density at radius 1 is 1.16 bits per heavy atom. The third-order valence-electron chi connectivity index (χ3n) is 4.97. The number of Topliss-reactive ketones (excluding diaryl/α,β-unsaturated/α-hetero) is 1. The van der Waals surface area contributed by atoms with Crippen molar-refractivity contribution in [2.45, 2.75) is 26.4 Å². The maximum atomic E-state index is 12.6. The van der Waals surface area contributed by atoms with E-state index >= 15 is 0 Å². The zero-order valence-electron chi connectivity index (χ0n) is 17.8. The molecule has 0 spiro atoms. The second-order valence-electron chi connectivity index (χ2n) is 7.34. The van der Waals surface area contributed by atoms with Crippen LogP contribution in [0.3, 0.4) is 0 Å². The number of fused-ring (bicyclic) bond motifs is 1. The van der Waals surface area contributed by atoms with Crippen LogP contribution in [-0.2, 0) is 30.8 Å². The van der Waals surface area contributed by atoms with E-state index in [1.54, 1.807) is 47.4 Å². The van der Waals surface area contributed by atoms with Gasteiger partial charge >= 0.3 is 5.97 Å². The van der Waals surface area contributed by atoms with Gasteiger partial charge in [0.15, 0.2) is 6.10 Å². The lowest BCUT2D eigenvalue weighted by Crippen LogP contribution is -2.33. The van der Waals surface area contributed by atoms with Gasteiger partial charge in [-0.15, -0.1) is 0 Å². The molecule has 0 radical (unpaired) electrons. The quantitative estimate of drug-likeness (QED) is 0.482. The first kappa shape index (κ1) is 23.4. The molecule has 1 unspecified atom stereocenters. The summed E-state index contributed by atoms with van der Waals surface area (Å²) >= 11 is 0. The molecule has 0 bridgehead atoms. The minimum Gasteiger partial charge on any atom is -0.453 e. The van der Waals surface area contributed by atoms with Gasteiger partial charge in [0.2, 0.25) is 21.7 Å². The number of anilines is 1. The van der Waals surface area contributed by atoms with Gasteiger partial charge in [0.25, 0.3) is 0 Å². The van der Waals surface area contributed by atoms with Crippen LogP contribution in [-0.4, -0.2) is 45.3 Å². The molecular formula is C23H24N2O6S. The highest BCUT2D eigenvalue weighted by Gasteiger charge is 2.25. The van der Waals surface area contributed by atoms with E-state index in [-0.39, 0.29) is 5.91 Å². The molecule has 9 heteroatoms. The Morgan fingerprint density at radius 3 is 2.56 bits per heavy atom. The maximum Gasteiger partial charge on any atom is 0.321 e. The van der Waals surface area contributed by atoms with Crippen molar-refractivity contribution in [1.82, 2.24) is 4.72 Å². The molecule has 0 saturated carbocycles. The average molecular weight is 457 g/mol. The second kappa shape index (κ2) is 9.88. The number of benzene rings is 2. The molecule has 1 aliphatic rings. The largest absolute Gasteiger partial charge is 0.453 e. The zero-order valence-corrected chi connectivity index (χ0v) is 18.6. The molecule has 168 valence electrons. The van der Waals surface area contributed by atoms with Crippen LogP contribution in [0.25, 0.3) is 6.08 Å². The summed E-state index contributed by atoms with van der Waals surface area (Å²) < 4.78 is 31.3. The summed E-state index contributed by atoms with van der Waals surface area (Å²) in [6.45, 7) is 2.88. The molecule has 32 heavy (non-hydrogen) atoms. The van der Waals surface area contributed by atoms with Crippen LogP contribution in [0.15, 0.2) is 53.9 Å². The van der Waals surface area contributed by atoms with Crippen LogP contribution in [0, 0.1) is 0 Å². The summed E-state index contributed by atoms with van der Waals surface area (Å²) in [4.78, 5) is 38.0. The van der Waals surface area contributed by atoms with E-state index in [4.69, 9.17) is 4.74 Å². The van der Waals surface area contributed by atoms with Crippen molar-refractivity contribution < 1.29 is 27.5 Å². The number of nitrogens with zero attached hydrogens (tertiary/aromatic N) is 1. The molecular weight excluding hydrogens is 432 g/mol. The number of rotatable bonds is 8. The molecule has 1 amide bonds. The first-order chi connectivity index (χ1) is 15.2. The number of hydrogen-bond donors (Lipinski definition) is 1. The molecule has 3 rings (SSSR count). The molecule has 1 heterocycles. The SMILES string of the molecule is CC(=O)N1CCc2cc(C(=O)C(C)OC(=O)CNS(=O)(=O)/C=C/c3ccccc3)ccc21.